The maximum Gasteiger partial charge on any atom is 0.0136 e. The van der Waals surface area contributed by atoms with Gasteiger partial charge < -0.3 is 0 Å². The van der Waals surface area contributed by atoms with Crippen molar-refractivity contribution in [2.75, 3.05) is 20.1 Å². The van der Waals surface area contributed by atoms with Crippen molar-refractivity contribution in [1.29, 1.82) is 0 Å². The van der Waals surface area contributed by atoms with E-state index in [0.717, 1.165) is 11.3 Å². The monoisotopic (exact) mass is 182 g/mol. The van der Waals surface area contributed by atoms with Crippen molar-refractivity contribution in [3.05, 3.63) is 0 Å². The molecule has 1 atom stereocenters. The second kappa shape index (κ2) is 3.58. The molecule has 0 radical (unpaired) electrons. The normalized spacial score (nSPS) is 34.2. The third kappa shape index (κ3) is 1.89. The lowest BCUT2D eigenvalue weighted by molar-refractivity contribution is 0.0758. The van der Waals surface area contributed by atoms with Crippen molar-refractivity contribution < 1.29 is 0 Å². The van der Waals surface area contributed by atoms with Gasteiger partial charge in [-0.25, -0.2) is 5.01 Å². The quantitative estimate of drug-likeness (QED) is 0.667. The summed E-state index contributed by atoms with van der Waals surface area (Å²) in [6.45, 7) is 4.92. The SMILES string of the molecule is CNN1CCC2(CCC(C)C2)CC1. The molecule has 2 rings (SSSR count). The summed E-state index contributed by atoms with van der Waals surface area (Å²) in [6, 6.07) is 0. The summed E-state index contributed by atoms with van der Waals surface area (Å²) >= 11 is 0. The van der Waals surface area contributed by atoms with Crippen LogP contribution in [0.3, 0.4) is 0 Å². The molecular weight excluding hydrogens is 160 g/mol. The topological polar surface area (TPSA) is 15.3 Å². The second-order valence-electron chi connectivity index (χ2n) is 5.06. The maximum absolute atomic E-state index is 3.25. The van der Waals surface area contributed by atoms with Crippen LogP contribution in [0.4, 0.5) is 0 Å². The molecule has 0 aromatic heterocycles. The lowest BCUT2D eigenvalue weighted by atomic mass is 9.77. The minimum absolute atomic E-state index is 0.743. The third-order valence-electron chi connectivity index (χ3n) is 4.09. The van der Waals surface area contributed by atoms with Crippen LogP contribution in [-0.4, -0.2) is 25.1 Å². The summed E-state index contributed by atoms with van der Waals surface area (Å²) in [5.41, 5.74) is 4.00. The van der Waals surface area contributed by atoms with Crippen LogP contribution in [0.15, 0.2) is 0 Å². The van der Waals surface area contributed by atoms with Crippen molar-refractivity contribution in [1.82, 2.24) is 10.4 Å². The molecule has 1 saturated heterocycles. The fraction of sp³-hybridized carbons (Fsp3) is 1.00. The Balaban J connectivity index is 1.90. The number of nitrogens with one attached hydrogen (secondary N) is 1. The molecule has 1 aliphatic heterocycles. The van der Waals surface area contributed by atoms with Crippen LogP contribution in [0.5, 0.6) is 0 Å². The Labute approximate surface area is 81.7 Å². The third-order valence-corrected chi connectivity index (χ3v) is 4.09. The molecule has 2 heteroatoms. The summed E-state index contributed by atoms with van der Waals surface area (Å²) < 4.78 is 0. The fourth-order valence-corrected chi connectivity index (χ4v) is 3.15. The molecule has 1 unspecified atom stereocenters. The highest BCUT2D eigenvalue weighted by Gasteiger charge is 2.39. The molecule has 2 aliphatic rings. The molecule has 0 aromatic carbocycles. The molecule has 0 bridgehead atoms. The van der Waals surface area contributed by atoms with E-state index in [0.29, 0.717) is 0 Å². The van der Waals surface area contributed by atoms with E-state index >= 15 is 0 Å². The van der Waals surface area contributed by atoms with E-state index in [9.17, 15) is 0 Å². The molecule has 0 amide bonds. The average molecular weight is 182 g/mol. The minimum Gasteiger partial charge on any atom is -0.258 e. The van der Waals surface area contributed by atoms with Gasteiger partial charge in [0.05, 0.1) is 0 Å². The first-order valence-electron chi connectivity index (χ1n) is 5.66. The van der Waals surface area contributed by atoms with Crippen molar-refractivity contribution in [3.63, 3.8) is 0 Å². The summed E-state index contributed by atoms with van der Waals surface area (Å²) in [7, 11) is 2.04. The van der Waals surface area contributed by atoms with E-state index in [1.807, 2.05) is 7.05 Å². The van der Waals surface area contributed by atoms with E-state index < -0.39 is 0 Å². The summed E-state index contributed by atoms with van der Waals surface area (Å²) in [5, 5.41) is 2.36. The molecule has 76 valence electrons. The zero-order valence-electron chi connectivity index (χ0n) is 8.97. The maximum atomic E-state index is 3.25. The zero-order valence-corrected chi connectivity index (χ0v) is 8.97. The van der Waals surface area contributed by atoms with Crippen molar-refractivity contribution in [2.24, 2.45) is 11.3 Å². The predicted octanol–water partition coefficient (Wildman–Crippen LogP) is 2.02. The first-order chi connectivity index (χ1) is 6.24. The van der Waals surface area contributed by atoms with Gasteiger partial charge in [-0.3, -0.25) is 5.43 Å². The molecule has 1 N–H and O–H groups in total. The van der Waals surface area contributed by atoms with E-state index in [2.05, 4.69) is 17.4 Å². The average Bonchev–Trinajstić information content (AvgIpc) is 2.49. The van der Waals surface area contributed by atoms with Crippen LogP contribution >= 0.6 is 0 Å². The molecule has 2 nitrogen and oxygen atoms in total. The van der Waals surface area contributed by atoms with E-state index in [1.165, 1.54) is 45.2 Å². The Bertz CT molecular complexity index is 171. The summed E-state index contributed by atoms with van der Waals surface area (Å²) in [4.78, 5) is 0. The summed E-state index contributed by atoms with van der Waals surface area (Å²) in [5.74, 6) is 0.987. The Morgan fingerprint density at radius 2 is 1.92 bits per heavy atom. The Morgan fingerprint density at radius 1 is 1.23 bits per heavy atom. The van der Waals surface area contributed by atoms with E-state index in [1.54, 1.807) is 0 Å². The number of hydrogen-bond donors (Lipinski definition) is 1. The van der Waals surface area contributed by atoms with Crippen molar-refractivity contribution in [3.8, 4) is 0 Å². The number of hydrogen-bond acceptors (Lipinski definition) is 2. The van der Waals surface area contributed by atoms with Gasteiger partial charge in [0, 0.05) is 13.1 Å². The van der Waals surface area contributed by atoms with Gasteiger partial charge >= 0.3 is 0 Å². The van der Waals surface area contributed by atoms with Crippen LogP contribution < -0.4 is 5.43 Å². The molecule has 1 spiro atoms. The van der Waals surface area contributed by atoms with Gasteiger partial charge in [-0.05, 0) is 44.1 Å². The second-order valence-corrected chi connectivity index (χ2v) is 5.06. The van der Waals surface area contributed by atoms with Gasteiger partial charge in [0.2, 0.25) is 0 Å². The Morgan fingerprint density at radius 3 is 2.38 bits per heavy atom. The number of piperidine rings is 1. The van der Waals surface area contributed by atoms with Gasteiger partial charge in [0.25, 0.3) is 0 Å². The van der Waals surface area contributed by atoms with Gasteiger partial charge in [-0.2, -0.15) is 0 Å². The highest BCUT2D eigenvalue weighted by atomic mass is 15.5. The lowest BCUT2D eigenvalue weighted by Crippen LogP contribution is -2.44. The van der Waals surface area contributed by atoms with Crippen molar-refractivity contribution >= 4 is 0 Å². The van der Waals surface area contributed by atoms with Gasteiger partial charge in [0.1, 0.15) is 0 Å². The number of rotatable bonds is 1. The lowest BCUT2D eigenvalue weighted by Gasteiger charge is -2.39. The highest BCUT2D eigenvalue weighted by molar-refractivity contribution is 4.91. The first-order valence-corrected chi connectivity index (χ1v) is 5.66. The van der Waals surface area contributed by atoms with Crippen molar-refractivity contribution in [2.45, 2.75) is 39.0 Å². The number of nitrogens with zero attached hydrogens (tertiary/aromatic N) is 1. The summed E-state index contributed by atoms with van der Waals surface area (Å²) in [6.07, 6.45) is 7.28. The first kappa shape index (κ1) is 9.47. The molecule has 0 aromatic rings. The Kier molecular flexibility index (Phi) is 2.61. The van der Waals surface area contributed by atoms with E-state index in [4.69, 9.17) is 0 Å². The van der Waals surface area contributed by atoms with Crippen LogP contribution in [0.25, 0.3) is 0 Å². The molecule has 1 saturated carbocycles. The standard InChI is InChI=1S/C11H22N2/c1-10-3-4-11(9-10)5-7-13(12-2)8-6-11/h10,12H,3-9H2,1-2H3. The zero-order chi connectivity index (χ0) is 9.31. The highest BCUT2D eigenvalue weighted by Crippen LogP contribution is 2.48. The Hall–Kier alpha value is -0.0800. The molecular formula is C11H22N2. The molecule has 2 fully saturated rings. The predicted molar refractivity (Wildman–Crippen MR) is 55.3 cm³/mol. The number of hydrazine groups is 1. The van der Waals surface area contributed by atoms with Crippen LogP contribution in [0.1, 0.15) is 39.0 Å². The van der Waals surface area contributed by atoms with E-state index in [-0.39, 0.29) is 0 Å². The van der Waals surface area contributed by atoms with Gasteiger partial charge in [0.15, 0.2) is 0 Å². The van der Waals surface area contributed by atoms with Gasteiger partial charge in [-0.1, -0.05) is 13.3 Å². The molecule has 1 heterocycles. The fourth-order valence-electron chi connectivity index (χ4n) is 3.15. The van der Waals surface area contributed by atoms with Crippen LogP contribution in [0.2, 0.25) is 0 Å². The smallest absolute Gasteiger partial charge is 0.0136 e. The van der Waals surface area contributed by atoms with Crippen LogP contribution in [0, 0.1) is 11.3 Å². The van der Waals surface area contributed by atoms with Crippen LogP contribution in [-0.2, 0) is 0 Å². The largest absolute Gasteiger partial charge is 0.258 e. The minimum atomic E-state index is 0.743. The molecule has 1 aliphatic carbocycles. The van der Waals surface area contributed by atoms with Gasteiger partial charge in [-0.15, -0.1) is 0 Å². The molecule has 13 heavy (non-hydrogen) atoms.